The highest BCUT2D eigenvalue weighted by Crippen LogP contribution is 2.38. The molecular formula is C14H16Br2N2O. The number of hydrogen-bond acceptors (Lipinski definition) is 2. The Balaban J connectivity index is 1.73. The van der Waals surface area contributed by atoms with Crippen molar-refractivity contribution in [1.29, 1.82) is 0 Å². The Morgan fingerprint density at radius 3 is 3.00 bits per heavy atom. The van der Waals surface area contributed by atoms with Crippen LogP contribution in [0, 0.1) is 11.8 Å². The van der Waals surface area contributed by atoms with Crippen LogP contribution in [0.1, 0.15) is 19.3 Å². The van der Waals surface area contributed by atoms with Crippen LogP contribution in [-0.2, 0) is 4.79 Å². The quantitative estimate of drug-likeness (QED) is 0.814. The minimum absolute atomic E-state index is 0.0293. The van der Waals surface area contributed by atoms with E-state index in [1.54, 1.807) is 0 Å². The number of halogens is 2. The highest BCUT2D eigenvalue weighted by atomic mass is 79.9. The van der Waals surface area contributed by atoms with Crippen molar-refractivity contribution < 1.29 is 4.79 Å². The largest absolute Gasteiger partial charge is 0.324 e. The first-order valence-electron chi connectivity index (χ1n) is 6.64. The van der Waals surface area contributed by atoms with Crippen molar-refractivity contribution in [1.82, 2.24) is 5.32 Å². The van der Waals surface area contributed by atoms with Gasteiger partial charge in [-0.3, -0.25) is 4.79 Å². The van der Waals surface area contributed by atoms with Crippen LogP contribution < -0.4 is 10.6 Å². The highest BCUT2D eigenvalue weighted by molar-refractivity contribution is 9.11. The maximum Gasteiger partial charge on any atom is 0.241 e. The average molecular weight is 388 g/mol. The molecule has 0 aromatic heterocycles. The summed E-state index contributed by atoms with van der Waals surface area (Å²) in [4.78, 5) is 12.4. The molecule has 3 atom stereocenters. The van der Waals surface area contributed by atoms with Gasteiger partial charge in [0.25, 0.3) is 0 Å². The predicted molar refractivity (Wildman–Crippen MR) is 83.1 cm³/mol. The summed E-state index contributed by atoms with van der Waals surface area (Å²) in [5, 5.41) is 6.40. The highest BCUT2D eigenvalue weighted by Gasteiger charge is 2.42. The zero-order valence-corrected chi connectivity index (χ0v) is 13.6. The Hall–Kier alpha value is -0.390. The molecule has 0 spiro atoms. The van der Waals surface area contributed by atoms with Gasteiger partial charge in [-0.05, 0) is 65.4 Å². The Labute approximate surface area is 129 Å². The second-order valence-electron chi connectivity index (χ2n) is 5.35. The number of anilines is 1. The lowest BCUT2D eigenvalue weighted by Crippen LogP contribution is -2.39. The summed E-state index contributed by atoms with van der Waals surface area (Å²) in [7, 11) is 0. The number of amides is 1. The van der Waals surface area contributed by atoms with Gasteiger partial charge < -0.3 is 10.6 Å². The van der Waals surface area contributed by atoms with Crippen LogP contribution in [0.2, 0.25) is 0 Å². The lowest BCUT2D eigenvalue weighted by atomic mass is 9.93. The summed E-state index contributed by atoms with van der Waals surface area (Å²) in [5.41, 5.74) is 0.822. The molecule has 1 aromatic carbocycles. The third kappa shape index (κ3) is 2.73. The fourth-order valence-corrected chi connectivity index (χ4v) is 3.99. The van der Waals surface area contributed by atoms with E-state index in [1.807, 2.05) is 18.2 Å². The third-order valence-electron chi connectivity index (χ3n) is 4.21. The van der Waals surface area contributed by atoms with Crippen LogP contribution in [-0.4, -0.2) is 18.5 Å². The molecule has 3 nitrogen and oxygen atoms in total. The van der Waals surface area contributed by atoms with Gasteiger partial charge in [0, 0.05) is 8.95 Å². The summed E-state index contributed by atoms with van der Waals surface area (Å²) < 4.78 is 1.87. The fraction of sp³-hybridized carbons (Fsp3) is 0.500. The Bertz CT molecular complexity index is 506. The van der Waals surface area contributed by atoms with Gasteiger partial charge >= 0.3 is 0 Å². The van der Waals surface area contributed by atoms with Crippen molar-refractivity contribution in [3.05, 3.63) is 27.1 Å². The molecule has 3 rings (SSSR count). The molecule has 2 N–H and O–H groups in total. The van der Waals surface area contributed by atoms with Crippen molar-refractivity contribution >= 4 is 43.5 Å². The standard InChI is InChI=1S/C14H16Br2N2O/c15-9-4-5-11(16)12(6-9)18-14(19)13-10-3-1-2-8(10)7-17-13/h4-6,8,10,13,17H,1-3,7H2,(H,18,19). The smallest absolute Gasteiger partial charge is 0.241 e. The fourth-order valence-electron chi connectivity index (χ4n) is 3.28. The van der Waals surface area contributed by atoms with Gasteiger partial charge in [-0.15, -0.1) is 0 Å². The number of rotatable bonds is 2. The minimum Gasteiger partial charge on any atom is -0.324 e. The van der Waals surface area contributed by atoms with Gasteiger partial charge in [0.05, 0.1) is 11.7 Å². The van der Waals surface area contributed by atoms with Crippen molar-refractivity contribution in [2.45, 2.75) is 25.3 Å². The van der Waals surface area contributed by atoms with Gasteiger partial charge in [0.1, 0.15) is 0 Å². The first-order valence-corrected chi connectivity index (χ1v) is 8.23. The molecular weight excluding hydrogens is 372 g/mol. The number of carbonyl (C=O) groups excluding carboxylic acids is 1. The first-order chi connectivity index (χ1) is 9.15. The van der Waals surface area contributed by atoms with Crippen LogP contribution in [0.25, 0.3) is 0 Å². The zero-order chi connectivity index (χ0) is 13.4. The Morgan fingerprint density at radius 1 is 1.32 bits per heavy atom. The molecule has 1 aliphatic heterocycles. The molecule has 2 aliphatic rings. The van der Waals surface area contributed by atoms with E-state index >= 15 is 0 Å². The summed E-state index contributed by atoms with van der Waals surface area (Å²) in [6.45, 7) is 0.988. The summed E-state index contributed by atoms with van der Waals surface area (Å²) >= 11 is 6.90. The first kappa shape index (κ1) is 13.6. The van der Waals surface area contributed by atoms with E-state index in [9.17, 15) is 4.79 Å². The molecule has 1 aliphatic carbocycles. The average Bonchev–Trinajstić information content (AvgIpc) is 2.95. The van der Waals surface area contributed by atoms with E-state index in [0.717, 1.165) is 21.2 Å². The summed E-state index contributed by atoms with van der Waals surface area (Å²) in [6, 6.07) is 5.77. The topological polar surface area (TPSA) is 41.1 Å². The van der Waals surface area contributed by atoms with E-state index in [2.05, 4.69) is 42.5 Å². The van der Waals surface area contributed by atoms with Gasteiger partial charge in [-0.2, -0.15) is 0 Å². The van der Waals surface area contributed by atoms with E-state index < -0.39 is 0 Å². The van der Waals surface area contributed by atoms with Crippen molar-refractivity contribution in [2.24, 2.45) is 11.8 Å². The maximum atomic E-state index is 12.4. The number of fused-ring (bicyclic) bond motifs is 1. The van der Waals surface area contributed by atoms with Crippen molar-refractivity contribution in [3.63, 3.8) is 0 Å². The van der Waals surface area contributed by atoms with Crippen LogP contribution >= 0.6 is 31.9 Å². The van der Waals surface area contributed by atoms with E-state index in [-0.39, 0.29) is 11.9 Å². The normalized spacial score (nSPS) is 29.3. The molecule has 1 saturated carbocycles. The molecule has 2 fully saturated rings. The van der Waals surface area contributed by atoms with Gasteiger partial charge in [0.2, 0.25) is 5.91 Å². The predicted octanol–water partition coefficient (Wildman–Crippen LogP) is 3.54. The Kier molecular flexibility index (Phi) is 3.96. The zero-order valence-electron chi connectivity index (χ0n) is 10.5. The molecule has 3 unspecified atom stereocenters. The van der Waals surface area contributed by atoms with E-state index in [4.69, 9.17) is 0 Å². The lowest BCUT2D eigenvalue weighted by molar-refractivity contribution is -0.118. The molecule has 0 radical (unpaired) electrons. The third-order valence-corrected chi connectivity index (χ3v) is 5.40. The van der Waals surface area contributed by atoms with Crippen molar-refractivity contribution in [2.75, 3.05) is 11.9 Å². The molecule has 5 heteroatoms. The van der Waals surface area contributed by atoms with E-state index in [0.29, 0.717) is 11.8 Å². The lowest BCUT2D eigenvalue weighted by Gasteiger charge is -2.18. The SMILES string of the molecule is O=C(Nc1cc(Br)ccc1Br)C1NCC2CCCC21. The molecule has 102 valence electrons. The second-order valence-corrected chi connectivity index (χ2v) is 7.12. The maximum absolute atomic E-state index is 12.4. The van der Waals surface area contributed by atoms with Crippen LogP contribution in [0.4, 0.5) is 5.69 Å². The van der Waals surface area contributed by atoms with Crippen LogP contribution in [0.15, 0.2) is 27.1 Å². The number of nitrogens with one attached hydrogen (secondary N) is 2. The molecule has 1 aromatic rings. The molecule has 0 bridgehead atoms. The summed E-state index contributed by atoms with van der Waals surface area (Å²) in [5.74, 6) is 1.31. The van der Waals surface area contributed by atoms with Gasteiger partial charge in [-0.1, -0.05) is 22.4 Å². The molecule has 19 heavy (non-hydrogen) atoms. The molecule has 1 heterocycles. The van der Waals surface area contributed by atoms with Crippen LogP contribution in [0.3, 0.4) is 0 Å². The number of benzene rings is 1. The number of hydrogen-bond donors (Lipinski definition) is 2. The summed E-state index contributed by atoms with van der Waals surface area (Å²) in [6.07, 6.45) is 3.71. The number of carbonyl (C=O) groups is 1. The van der Waals surface area contributed by atoms with Crippen LogP contribution in [0.5, 0.6) is 0 Å². The molecule has 1 saturated heterocycles. The molecule has 1 amide bonds. The van der Waals surface area contributed by atoms with Gasteiger partial charge in [-0.25, -0.2) is 0 Å². The minimum atomic E-state index is -0.0293. The Morgan fingerprint density at radius 2 is 2.16 bits per heavy atom. The van der Waals surface area contributed by atoms with E-state index in [1.165, 1.54) is 19.3 Å². The monoisotopic (exact) mass is 386 g/mol. The van der Waals surface area contributed by atoms with Crippen molar-refractivity contribution in [3.8, 4) is 0 Å². The van der Waals surface area contributed by atoms with Gasteiger partial charge in [0.15, 0.2) is 0 Å². The second kappa shape index (κ2) is 5.54.